The van der Waals surface area contributed by atoms with Gasteiger partial charge >= 0.3 is 12.4 Å². The molecule has 0 spiro atoms. The fourth-order valence-electron chi connectivity index (χ4n) is 3.01. The van der Waals surface area contributed by atoms with Gasteiger partial charge < -0.3 is 5.11 Å². The van der Waals surface area contributed by atoms with Gasteiger partial charge in [0.15, 0.2) is 5.60 Å². The van der Waals surface area contributed by atoms with Crippen molar-refractivity contribution in [3.8, 4) is 6.07 Å². The van der Waals surface area contributed by atoms with Gasteiger partial charge in [0.05, 0.1) is 22.9 Å². The van der Waals surface area contributed by atoms with Crippen LogP contribution >= 0.6 is 0 Å². The fourth-order valence-corrected chi connectivity index (χ4v) is 3.01. The molecule has 0 aliphatic carbocycles. The summed E-state index contributed by atoms with van der Waals surface area (Å²) in [6, 6.07) is 11.8. The number of benzene rings is 2. The number of halogens is 6. The Labute approximate surface area is 169 Å². The van der Waals surface area contributed by atoms with Gasteiger partial charge in [-0.15, -0.1) is 0 Å². The van der Waals surface area contributed by atoms with Crippen LogP contribution in [0, 0.1) is 11.3 Å². The molecule has 0 aromatic heterocycles. The van der Waals surface area contributed by atoms with E-state index in [0.29, 0.717) is 11.6 Å². The third-order valence-corrected chi connectivity index (χ3v) is 4.61. The van der Waals surface area contributed by atoms with E-state index < -0.39 is 46.6 Å². The number of aliphatic imine (C=N–C) groups is 1. The third kappa shape index (κ3) is 5.19. The van der Waals surface area contributed by atoms with Crippen LogP contribution in [0.15, 0.2) is 53.5 Å². The highest BCUT2D eigenvalue weighted by Gasteiger charge is 2.55. The summed E-state index contributed by atoms with van der Waals surface area (Å²) in [5, 5.41) is 19.2. The zero-order valence-corrected chi connectivity index (χ0v) is 16.0. The molecule has 1 atom stereocenters. The van der Waals surface area contributed by atoms with Crippen molar-refractivity contribution in [3.05, 3.63) is 65.2 Å². The first kappa shape index (κ1) is 23.4. The maximum Gasteiger partial charge on any atom is 0.422 e. The summed E-state index contributed by atoms with van der Waals surface area (Å²) in [5.74, 6) is 0. The molecule has 0 saturated carbocycles. The van der Waals surface area contributed by atoms with Crippen LogP contribution < -0.4 is 0 Å². The standard InChI is InChI=1S/C21H18F6N2O/c1-18(2,15-6-4-3-5-7-15)12-19(30,21(25,26)27)13-29-16-9-8-14(11-28)17(10-16)20(22,23)24/h3-10,13,30H,12H2,1-2H3/b29-13+. The molecule has 0 bridgehead atoms. The third-order valence-electron chi connectivity index (χ3n) is 4.61. The topological polar surface area (TPSA) is 56.4 Å². The largest absolute Gasteiger partial charge is 0.422 e. The molecular formula is C21H18F6N2O. The van der Waals surface area contributed by atoms with Crippen LogP contribution in [0.4, 0.5) is 32.0 Å². The van der Waals surface area contributed by atoms with E-state index in [1.165, 1.54) is 19.9 Å². The maximum atomic E-state index is 13.7. The Hall–Kier alpha value is -2.86. The molecule has 1 unspecified atom stereocenters. The number of hydrogen-bond acceptors (Lipinski definition) is 3. The monoisotopic (exact) mass is 428 g/mol. The lowest BCUT2D eigenvalue weighted by molar-refractivity contribution is -0.234. The molecule has 3 nitrogen and oxygen atoms in total. The first-order chi connectivity index (χ1) is 13.7. The average Bonchev–Trinajstić information content (AvgIpc) is 2.65. The molecule has 0 radical (unpaired) electrons. The van der Waals surface area contributed by atoms with Crippen molar-refractivity contribution in [2.75, 3.05) is 0 Å². The second-order valence-corrected chi connectivity index (χ2v) is 7.45. The van der Waals surface area contributed by atoms with Gasteiger partial charge in [0.1, 0.15) is 0 Å². The highest BCUT2D eigenvalue weighted by molar-refractivity contribution is 5.74. The number of alkyl halides is 6. The van der Waals surface area contributed by atoms with E-state index in [2.05, 4.69) is 4.99 Å². The number of rotatable bonds is 5. The Bertz CT molecular complexity index is 958. The van der Waals surface area contributed by atoms with E-state index in [-0.39, 0.29) is 6.21 Å². The first-order valence-electron chi connectivity index (χ1n) is 8.71. The molecule has 2 aromatic carbocycles. The molecule has 0 amide bonds. The quantitative estimate of drug-likeness (QED) is 0.473. The highest BCUT2D eigenvalue weighted by atomic mass is 19.4. The van der Waals surface area contributed by atoms with E-state index in [9.17, 15) is 31.4 Å². The minimum Gasteiger partial charge on any atom is -0.376 e. The predicted octanol–water partition coefficient (Wildman–Crippen LogP) is 5.94. The van der Waals surface area contributed by atoms with E-state index in [0.717, 1.165) is 12.1 Å². The van der Waals surface area contributed by atoms with Crippen molar-refractivity contribution in [2.24, 2.45) is 4.99 Å². The lowest BCUT2D eigenvalue weighted by Gasteiger charge is -2.35. The summed E-state index contributed by atoms with van der Waals surface area (Å²) < 4.78 is 80.2. The molecule has 0 saturated heterocycles. The van der Waals surface area contributed by atoms with E-state index in [1.807, 2.05) is 0 Å². The van der Waals surface area contributed by atoms with E-state index >= 15 is 0 Å². The Morgan fingerprint density at radius 3 is 2.10 bits per heavy atom. The zero-order valence-electron chi connectivity index (χ0n) is 16.0. The van der Waals surface area contributed by atoms with Crippen molar-refractivity contribution in [3.63, 3.8) is 0 Å². The molecule has 2 aromatic rings. The normalized spacial score (nSPS) is 15.1. The van der Waals surface area contributed by atoms with Crippen LogP contribution in [0.1, 0.15) is 37.0 Å². The minimum atomic E-state index is -5.12. The van der Waals surface area contributed by atoms with Gasteiger partial charge in [-0.1, -0.05) is 44.2 Å². The molecule has 0 fully saturated rings. The number of hydrogen-bond donors (Lipinski definition) is 1. The minimum absolute atomic E-state index is 0.208. The number of aliphatic hydroxyl groups is 1. The van der Waals surface area contributed by atoms with Gasteiger partial charge in [-0.25, -0.2) is 0 Å². The van der Waals surface area contributed by atoms with Crippen molar-refractivity contribution < 1.29 is 31.4 Å². The molecule has 2 rings (SSSR count). The molecular weight excluding hydrogens is 410 g/mol. The smallest absolute Gasteiger partial charge is 0.376 e. The molecule has 0 heterocycles. The van der Waals surface area contributed by atoms with Gasteiger partial charge in [-0.2, -0.15) is 31.6 Å². The maximum absolute atomic E-state index is 13.7. The molecule has 0 aliphatic heterocycles. The summed E-state index contributed by atoms with van der Waals surface area (Å²) in [6.07, 6.45) is -10.6. The van der Waals surface area contributed by atoms with Crippen LogP contribution in [0.25, 0.3) is 0 Å². The zero-order chi connectivity index (χ0) is 22.8. The summed E-state index contributed by atoms with van der Waals surface area (Å²) in [6.45, 7) is 3.02. The summed E-state index contributed by atoms with van der Waals surface area (Å²) in [5.41, 5.74) is -6.45. The predicted molar refractivity (Wildman–Crippen MR) is 99.4 cm³/mol. The van der Waals surface area contributed by atoms with Gasteiger partial charge in [0.2, 0.25) is 0 Å². The second kappa shape index (κ2) is 8.11. The van der Waals surface area contributed by atoms with Crippen LogP contribution in [0.2, 0.25) is 0 Å². The van der Waals surface area contributed by atoms with Gasteiger partial charge in [-0.05, 0) is 35.6 Å². The number of nitrogens with zero attached hydrogens (tertiary/aromatic N) is 2. The molecule has 0 aliphatic rings. The molecule has 160 valence electrons. The van der Waals surface area contributed by atoms with Crippen LogP contribution in [-0.2, 0) is 11.6 Å². The SMILES string of the molecule is CC(C)(CC(O)(/C=N/c1ccc(C#N)c(C(F)(F)F)c1)C(F)(F)F)c1ccccc1. The summed E-state index contributed by atoms with van der Waals surface area (Å²) >= 11 is 0. The Balaban J connectivity index is 2.44. The van der Waals surface area contributed by atoms with E-state index in [4.69, 9.17) is 5.26 Å². The highest BCUT2D eigenvalue weighted by Crippen LogP contribution is 2.41. The van der Waals surface area contributed by atoms with Crippen molar-refractivity contribution in [1.29, 1.82) is 5.26 Å². The van der Waals surface area contributed by atoms with Crippen LogP contribution in [0.3, 0.4) is 0 Å². The first-order valence-corrected chi connectivity index (χ1v) is 8.71. The lowest BCUT2D eigenvalue weighted by atomic mass is 9.75. The van der Waals surface area contributed by atoms with Gasteiger partial charge in [0, 0.05) is 6.21 Å². The molecule has 9 heteroatoms. The van der Waals surface area contributed by atoms with Crippen molar-refractivity contribution in [1.82, 2.24) is 0 Å². The van der Waals surface area contributed by atoms with Crippen LogP contribution in [0.5, 0.6) is 0 Å². The van der Waals surface area contributed by atoms with Crippen molar-refractivity contribution >= 4 is 11.9 Å². The number of nitriles is 1. The Morgan fingerprint density at radius 1 is 1.00 bits per heavy atom. The molecule has 1 N–H and O–H groups in total. The van der Waals surface area contributed by atoms with Crippen molar-refractivity contribution in [2.45, 2.75) is 43.6 Å². The Morgan fingerprint density at radius 2 is 1.60 bits per heavy atom. The lowest BCUT2D eigenvalue weighted by Crippen LogP contribution is -2.50. The second-order valence-electron chi connectivity index (χ2n) is 7.45. The van der Waals surface area contributed by atoms with E-state index in [1.54, 1.807) is 30.3 Å². The fraction of sp³-hybridized carbons (Fsp3) is 0.333. The van der Waals surface area contributed by atoms with Gasteiger partial charge in [0.25, 0.3) is 0 Å². The summed E-state index contributed by atoms with van der Waals surface area (Å²) in [4.78, 5) is 3.47. The average molecular weight is 428 g/mol. The van der Waals surface area contributed by atoms with Gasteiger partial charge in [-0.3, -0.25) is 4.99 Å². The summed E-state index contributed by atoms with van der Waals surface area (Å²) in [7, 11) is 0. The Kier molecular flexibility index (Phi) is 6.33. The van der Waals surface area contributed by atoms with Crippen LogP contribution in [-0.4, -0.2) is 23.1 Å². The molecule has 30 heavy (non-hydrogen) atoms.